The minimum atomic E-state index is -0.831. The number of nitrogens with zero attached hydrogens (tertiary/aromatic N) is 2. The zero-order chi connectivity index (χ0) is 17.0. The van der Waals surface area contributed by atoms with Gasteiger partial charge in [0.25, 0.3) is 0 Å². The minimum absolute atomic E-state index is 0.0478. The first-order valence-electron chi connectivity index (χ1n) is 7.12. The molecule has 1 fully saturated rings. The van der Waals surface area contributed by atoms with Crippen molar-refractivity contribution in [2.45, 2.75) is 19.4 Å². The van der Waals surface area contributed by atoms with E-state index in [0.717, 1.165) is 0 Å². The van der Waals surface area contributed by atoms with Crippen molar-refractivity contribution in [3.8, 4) is 17.6 Å². The second-order valence-electron chi connectivity index (χ2n) is 5.15. The van der Waals surface area contributed by atoms with E-state index in [4.69, 9.17) is 19.5 Å². The van der Waals surface area contributed by atoms with Gasteiger partial charge >= 0.3 is 5.97 Å². The molecule has 122 valence electrons. The third-order valence-corrected chi connectivity index (χ3v) is 3.61. The molecule has 1 amide bonds. The van der Waals surface area contributed by atoms with Gasteiger partial charge in [0.2, 0.25) is 5.91 Å². The van der Waals surface area contributed by atoms with Crippen LogP contribution in [0.4, 0.5) is 5.69 Å². The number of rotatable bonds is 5. The van der Waals surface area contributed by atoms with Crippen LogP contribution in [0.1, 0.15) is 13.3 Å². The molecule has 1 aliphatic heterocycles. The summed E-state index contributed by atoms with van der Waals surface area (Å²) in [4.78, 5) is 25.7. The van der Waals surface area contributed by atoms with Gasteiger partial charge < -0.3 is 19.1 Å². The fourth-order valence-electron chi connectivity index (χ4n) is 2.40. The number of esters is 1. The number of amides is 1. The molecule has 0 aliphatic carbocycles. The molecular weight excluding hydrogens is 300 g/mol. The quantitative estimate of drug-likeness (QED) is 0.765. The van der Waals surface area contributed by atoms with Crippen LogP contribution in [0.3, 0.4) is 0 Å². The topological polar surface area (TPSA) is 88.9 Å². The summed E-state index contributed by atoms with van der Waals surface area (Å²) in [6, 6.07) is 6.93. The first-order chi connectivity index (χ1) is 11.0. The number of carbonyl (C=O) groups is 2. The molecule has 0 aromatic heterocycles. The number of methoxy groups -OCH3 is 2. The van der Waals surface area contributed by atoms with Gasteiger partial charge in [-0.25, -0.2) is 0 Å². The fourth-order valence-corrected chi connectivity index (χ4v) is 2.40. The zero-order valence-electron chi connectivity index (χ0n) is 13.2. The largest absolute Gasteiger partial charge is 0.497 e. The molecule has 2 rings (SSSR count). The van der Waals surface area contributed by atoms with Crippen LogP contribution in [0, 0.1) is 17.2 Å². The van der Waals surface area contributed by atoms with Crippen molar-refractivity contribution >= 4 is 17.6 Å². The van der Waals surface area contributed by atoms with Gasteiger partial charge in [-0.15, -0.1) is 0 Å². The lowest BCUT2D eigenvalue weighted by molar-refractivity contribution is -0.150. The summed E-state index contributed by atoms with van der Waals surface area (Å²) in [7, 11) is 3.04. The molecule has 1 aromatic carbocycles. The van der Waals surface area contributed by atoms with Crippen LogP contribution in [0.5, 0.6) is 11.5 Å². The van der Waals surface area contributed by atoms with E-state index in [-0.39, 0.29) is 18.9 Å². The van der Waals surface area contributed by atoms with E-state index in [0.29, 0.717) is 17.2 Å². The zero-order valence-corrected chi connectivity index (χ0v) is 13.2. The number of nitriles is 1. The van der Waals surface area contributed by atoms with Crippen molar-refractivity contribution < 1.29 is 23.8 Å². The highest BCUT2D eigenvalue weighted by atomic mass is 16.5. The van der Waals surface area contributed by atoms with E-state index in [2.05, 4.69) is 0 Å². The summed E-state index contributed by atoms with van der Waals surface area (Å²) in [6.45, 7) is 1.68. The van der Waals surface area contributed by atoms with Gasteiger partial charge in [-0.1, -0.05) is 0 Å². The summed E-state index contributed by atoms with van der Waals surface area (Å²) in [5, 5.41) is 8.69. The van der Waals surface area contributed by atoms with E-state index in [1.165, 1.54) is 26.0 Å². The summed E-state index contributed by atoms with van der Waals surface area (Å²) in [6.07, 6.45) is -0.784. The second kappa shape index (κ2) is 7.01. The second-order valence-corrected chi connectivity index (χ2v) is 5.15. The molecule has 0 unspecified atom stereocenters. The molecule has 1 aromatic rings. The lowest BCUT2D eigenvalue weighted by atomic mass is 10.1. The molecule has 0 bridgehead atoms. The predicted molar refractivity (Wildman–Crippen MR) is 81.2 cm³/mol. The van der Waals surface area contributed by atoms with Gasteiger partial charge in [-0.2, -0.15) is 5.26 Å². The molecule has 0 saturated carbocycles. The van der Waals surface area contributed by atoms with Crippen molar-refractivity contribution in [1.82, 2.24) is 0 Å². The molecule has 7 nitrogen and oxygen atoms in total. The van der Waals surface area contributed by atoms with Gasteiger partial charge in [0.1, 0.15) is 17.6 Å². The van der Waals surface area contributed by atoms with Gasteiger partial charge in [-0.3, -0.25) is 9.59 Å². The summed E-state index contributed by atoms with van der Waals surface area (Å²) < 4.78 is 15.4. The van der Waals surface area contributed by atoms with Crippen LogP contribution in [0.15, 0.2) is 18.2 Å². The molecule has 1 saturated heterocycles. The van der Waals surface area contributed by atoms with Gasteiger partial charge in [0, 0.05) is 19.0 Å². The molecule has 2 atom stereocenters. The lowest BCUT2D eigenvalue weighted by Crippen LogP contribution is -2.27. The third-order valence-electron chi connectivity index (χ3n) is 3.61. The molecule has 0 N–H and O–H groups in total. The summed E-state index contributed by atoms with van der Waals surface area (Å²) >= 11 is 0. The lowest BCUT2D eigenvalue weighted by Gasteiger charge is -2.20. The highest BCUT2D eigenvalue weighted by Crippen LogP contribution is 2.36. The molecule has 23 heavy (non-hydrogen) atoms. The van der Waals surface area contributed by atoms with Crippen LogP contribution < -0.4 is 14.4 Å². The highest BCUT2D eigenvalue weighted by molar-refractivity contribution is 6.00. The van der Waals surface area contributed by atoms with Gasteiger partial charge in [0.15, 0.2) is 6.10 Å². The van der Waals surface area contributed by atoms with Crippen molar-refractivity contribution in [3.05, 3.63) is 18.2 Å². The Labute approximate surface area is 134 Å². The minimum Gasteiger partial charge on any atom is -0.497 e. The SMILES string of the molecule is COc1ccc(N2C[C@H](C(=O)O[C@H](C)C#N)CC2=O)c(OC)c1. The van der Waals surface area contributed by atoms with Crippen LogP contribution in [0.2, 0.25) is 0 Å². The average molecular weight is 318 g/mol. The van der Waals surface area contributed by atoms with Crippen LogP contribution in [0.25, 0.3) is 0 Å². The number of anilines is 1. The smallest absolute Gasteiger partial charge is 0.312 e. The maximum atomic E-state index is 12.2. The fraction of sp³-hybridized carbons (Fsp3) is 0.438. The maximum Gasteiger partial charge on any atom is 0.312 e. The van der Waals surface area contributed by atoms with Gasteiger partial charge in [-0.05, 0) is 19.1 Å². The predicted octanol–water partition coefficient (Wildman–Crippen LogP) is 1.51. The average Bonchev–Trinajstić information content (AvgIpc) is 2.95. The number of hydrogen-bond acceptors (Lipinski definition) is 6. The first-order valence-corrected chi connectivity index (χ1v) is 7.12. The Morgan fingerprint density at radius 3 is 2.74 bits per heavy atom. The van der Waals surface area contributed by atoms with Crippen LogP contribution >= 0.6 is 0 Å². The Kier molecular flexibility index (Phi) is 5.06. The van der Waals surface area contributed by atoms with Gasteiger partial charge in [0.05, 0.1) is 25.8 Å². The van der Waals surface area contributed by atoms with E-state index < -0.39 is 18.0 Å². The first kappa shape index (κ1) is 16.6. The molecule has 7 heteroatoms. The van der Waals surface area contributed by atoms with E-state index in [1.807, 2.05) is 6.07 Å². The number of ether oxygens (including phenoxy) is 3. The Bertz CT molecular complexity index is 652. The number of carbonyl (C=O) groups excluding carboxylic acids is 2. The van der Waals surface area contributed by atoms with Crippen molar-refractivity contribution in [3.63, 3.8) is 0 Å². The van der Waals surface area contributed by atoms with E-state index in [9.17, 15) is 9.59 Å². The van der Waals surface area contributed by atoms with Crippen molar-refractivity contribution in [1.29, 1.82) is 5.26 Å². The normalized spacial score (nSPS) is 18.3. The monoisotopic (exact) mass is 318 g/mol. The molecule has 0 spiro atoms. The maximum absolute atomic E-state index is 12.2. The molecular formula is C16H18N2O5. The van der Waals surface area contributed by atoms with E-state index >= 15 is 0 Å². The molecule has 1 heterocycles. The standard InChI is InChI=1S/C16H18N2O5/c1-10(8-17)23-16(20)11-6-15(19)18(9-11)13-5-4-12(21-2)7-14(13)22-3/h4-5,7,10-11H,6,9H2,1-3H3/t10-,11-/m1/s1. The number of hydrogen-bond donors (Lipinski definition) is 0. The van der Waals surface area contributed by atoms with Crippen LogP contribution in [-0.2, 0) is 14.3 Å². The third kappa shape index (κ3) is 3.54. The number of benzene rings is 1. The Balaban J connectivity index is 2.18. The molecule has 1 aliphatic rings. The Morgan fingerprint density at radius 2 is 2.13 bits per heavy atom. The van der Waals surface area contributed by atoms with Crippen molar-refractivity contribution in [2.24, 2.45) is 5.92 Å². The van der Waals surface area contributed by atoms with Crippen molar-refractivity contribution in [2.75, 3.05) is 25.7 Å². The highest BCUT2D eigenvalue weighted by Gasteiger charge is 2.37. The van der Waals surface area contributed by atoms with E-state index in [1.54, 1.807) is 18.2 Å². The summed E-state index contributed by atoms with van der Waals surface area (Å²) in [5.74, 6) is -0.235. The molecule has 0 radical (unpaired) electrons. The summed E-state index contributed by atoms with van der Waals surface area (Å²) in [5.41, 5.74) is 0.571. The van der Waals surface area contributed by atoms with Crippen LogP contribution in [-0.4, -0.2) is 38.7 Å². The Morgan fingerprint density at radius 1 is 1.39 bits per heavy atom. The Hall–Kier alpha value is -2.75.